The largest absolute Gasteiger partial charge is 0.460 e. The van der Waals surface area contributed by atoms with E-state index in [0.717, 1.165) is 12.1 Å². The highest BCUT2D eigenvalue weighted by Crippen LogP contribution is 2.32. The van der Waals surface area contributed by atoms with E-state index in [-0.39, 0.29) is 16.8 Å². The van der Waals surface area contributed by atoms with Gasteiger partial charge in [0.15, 0.2) is 8.90 Å². The number of rotatable bonds is 6. The van der Waals surface area contributed by atoms with Gasteiger partial charge in [-0.25, -0.2) is 0 Å². The summed E-state index contributed by atoms with van der Waals surface area (Å²) in [5.41, 5.74) is -4.92. The van der Waals surface area contributed by atoms with Crippen LogP contribution in [0.2, 0.25) is 2.82 Å². The molecule has 1 aliphatic rings. The highest BCUT2D eigenvalue weighted by atomic mass is 32.2. The fourth-order valence-corrected chi connectivity index (χ4v) is 2.73. The number of carbonyl (C=O) groups is 1. The lowest BCUT2D eigenvalue weighted by Crippen LogP contribution is -2.16. The minimum absolute atomic E-state index is 0.0845. The van der Waals surface area contributed by atoms with E-state index in [1.54, 1.807) is 0 Å². The SMILES string of the molecule is [2H]c1c([2H])c([C@]2([2H])OC(N([2H])[2H])=C(OS(=O)(=O)C([2H])([2H])c3ccccc3)C2=O)c([2H])c([2H])c1C. The first-order chi connectivity index (χ1) is 15.6. The summed E-state index contributed by atoms with van der Waals surface area (Å²) >= 11 is 0. The van der Waals surface area contributed by atoms with Crippen molar-refractivity contribution in [2.45, 2.75) is 18.7 Å². The molecule has 1 atom stereocenters. The highest BCUT2D eigenvalue weighted by molar-refractivity contribution is 7.86. The summed E-state index contributed by atoms with van der Waals surface area (Å²) in [5.74, 6) is -4.27. The number of hydrogen-bond acceptors (Lipinski definition) is 6. The molecule has 0 spiro atoms. The number of Topliss-reactive ketones (excluding diaryl/α,β-unsaturated/α-hetero) is 1. The van der Waals surface area contributed by atoms with E-state index in [9.17, 15) is 13.2 Å². The summed E-state index contributed by atoms with van der Waals surface area (Å²) in [4.78, 5) is 13.1. The Hall–Kier alpha value is -2.80. The van der Waals surface area contributed by atoms with E-state index < -0.39 is 69.1 Å². The molecule has 0 amide bonds. The van der Waals surface area contributed by atoms with Crippen LogP contribution in [-0.2, 0) is 29.5 Å². The Morgan fingerprint density at radius 1 is 1.32 bits per heavy atom. The lowest BCUT2D eigenvalue weighted by Gasteiger charge is -2.10. The normalized spacial score (nSPS) is 26.0. The molecular formula is C18H17NO5S. The number of ketones is 1. The van der Waals surface area contributed by atoms with Gasteiger partial charge in [-0.15, -0.1) is 0 Å². The van der Waals surface area contributed by atoms with Crippen LogP contribution in [0.4, 0.5) is 0 Å². The molecule has 2 aromatic carbocycles. The van der Waals surface area contributed by atoms with Crippen molar-refractivity contribution in [3.05, 3.63) is 82.8 Å². The van der Waals surface area contributed by atoms with Crippen molar-refractivity contribution in [2.24, 2.45) is 5.72 Å². The van der Waals surface area contributed by atoms with Crippen LogP contribution < -0.4 is 5.72 Å². The second-order valence-electron chi connectivity index (χ2n) is 4.90. The first kappa shape index (κ1) is 9.05. The van der Waals surface area contributed by atoms with Crippen LogP contribution in [0.25, 0.3) is 0 Å². The Morgan fingerprint density at radius 3 is 2.64 bits per heavy atom. The Bertz CT molecular complexity index is 1290. The second kappa shape index (κ2) is 6.60. The van der Waals surface area contributed by atoms with Crippen LogP contribution in [0.15, 0.2) is 66.1 Å². The minimum Gasteiger partial charge on any atom is -0.460 e. The number of ether oxygens (including phenoxy) is 1. The molecule has 3 rings (SSSR count). The van der Waals surface area contributed by atoms with Crippen molar-refractivity contribution in [1.82, 2.24) is 0 Å². The molecule has 6 nitrogen and oxygen atoms in total. The van der Waals surface area contributed by atoms with Gasteiger partial charge in [-0.1, -0.05) is 60.1 Å². The van der Waals surface area contributed by atoms with Crippen LogP contribution in [0.1, 0.15) is 32.4 Å². The average Bonchev–Trinajstić information content (AvgIpc) is 3.02. The zero-order valence-corrected chi connectivity index (χ0v) is 13.6. The summed E-state index contributed by atoms with van der Waals surface area (Å²) in [7, 11) is -5.34. The van der Waals surface area contributed by atoms with Gasteiger partial charge in [-0.05, 0) is 12.5 Å². The lowest BCUT2D eigenvalue weighted by molar-refractivity contribution is -0.123. The molecule has 1 aliphatic heterocycles. The fourth-order valence-electron chi connectivity index (χ4n) is 1.90. The molecule has 0 saturated carbocycles. The number of benzene rings is 2. The van der Waals surface area contributed by atoms with Crippen LogP contribution in [0, 0.1) is 6.92 Å². The molecule has 0 radical (unpaired) electrons. The van der Waals surface area contributed by atoms with Gasteiger partial charge in [0.2, 0.25) is 17.4 Å². The first-order valence-electron chi connectivity index (χ1n) is 11.3. The standard InChI is InChI=1S/C18H17NO5S/c1-12-7-9-14(10-8-12)16-15(20)17(18(19)23-16)24-25(21,22)11-13-5-3-2-4-6-13/h2-10,16H,11,19H2,1H3/t16-/m0/s1/i7D,8D,9D,10D,11D2,16D/hD2. The van der Waals surface area contributed by atoms with Gasteiger partial charge in [0.05, 0.1) is 9.60 Å². The molecular weight excluding hydrogens is 342 g/mol. The molecule has 130 valence electrons. The molecule has 2 aromatic rings. The van der Waals surface area contributed by atoms with Gasteiger partial charge in [0, 0.05) is 5.56 Å². The maximum Gasteiger partial charge on any atom is 0.313 e. The number of hydrogen-bond donors (Lipinski definition) is 1. The van der Waals surface area contributed by atoms with Crippen LogP contribution >= 0.6 is 0 Å². The highest BCUT2D eigenvalue weighted by Gasteiger charge is 2.39. The lowest BCUT2D eigenvalue weighted by atomic mass is 10.0. The molecule has 25 heavy (non-hydrogen) atoms. The third-order valence-corrected chi connectivity index (χ3v) is 3.86. The maximum atomic E-state index is 13.1. The van der Waals surface area contributed by atoms with Crippen LogP contribution in [0.3, 0.4) is 0 Å². The first-order valence-corrected chi connectivity index (χ1v) is 8.31. The van der Waals surface area contributed by atoms with Crippen LogP contribution in [-0.4, -0.2) is 14.2 Å². The van der Waals surface area contributed by atoms with Gasteiger partial charge in [0.25, 0.3) is 0 Å². The summed E-state index contributed by atoms with van der Waals surface area (Å²) in [6.07, 6.45) is -3.15. The molecule has 2 N–H and O–H groups in total. The van der Waals surface area contributed by atoms with E-state index in [0.29, 0.717) is 0 Å². The Labute approximate surface area is 158 Å². The number of carbonyl (C=O) groups excluding carboxylic acids is 1. The third-order valence-electron chi connectivity index (χ3n) is 2.99. The van der Waals surface area contributed by atoms with E-state index in [1.165, 1.54) is 25.1 Å². The van der Waals surface area contributed by atoms with Gasteiger partial charge in [-0.2, -0.15) is 8.42 Å². The molecule has 0 saturated heterocycles. The minimum atomic E-state index is -5.34. The molecule has 0 fully saturated rings. The second-order valence-corrected chi connectivity index (χ2v) is 6.18. The Morgan fingerprint density at radius 2 is 2.00 bits per heavy atom. The molecule has 7 heteroatoms. The van der Waals surface area contributed by atoms with E-state index >= 15 is 0 Å². The molecule has 0 unspecified atom stereocenters. The smallest absolute Gasteiger partial charge is 0.313 e. The molecule has 1 heterocycles. The van der Waals surface area contributed by atoms with Crippen molar-refractivity contribution in [2.75, 3.05) is 0 Å². The summed E-state index contributed by atoms with van der Waals surface area (Å²) in [6, 6.07) is 3.70. The zero-order valence-electron chi connectivity index (χ0n) is 21.8. The van der Waals surface area contributed by atoms with Crippen molar-refractivity contribution in [3.63, 3.8) is 0 Å². The Kier molecular flexibility index (Phi) is 2.39. The topological polar surface area (TPSA) is 95.7 Å². The van der Waals surface area contributed by atoms with Gasteiger partial charge < -0.3 is 14.6 Å². The fraction of sp³-hybridized carbons (Fsp3) is 0.167. The third kappa shape index (κ3) is 3.83. The molecule has 0 aliphatic carbocycles. The van der Waals surface area contributed by atoms with Crippen molar-refractivity contribution in [3.8, 4) is 0 Å². The predicted molar refractivity (Wildman–Crippen MR) is 91.4 cm³/mol. The van der Waals surface area contributed by atoms with Crippen molar-refractivity contribution >= 4 is 15.9 Å². The van der Waals surface area contributed by atoms with Crippen molar-refractivity contribution in [1.29, 1.82) is 0 Å². The van der Waals surface area contributed by atoms with E-state index in [4.69, 9.17) is 17.2 Å². The molecule has 0 bridgehead atoms. The van der Waals surface area contributed by atoms with Gasteiger partial charge in [0.1, 0.15) is 5.70 Å². The summed E-state index contributed by atoms with van der Waals surface area (Å²) < 4.78 is 107. The summed E-state index contributed by atoms with van der Waals surface area (Å²) in [6.45, 7) is 1.28. The summed E-state index contributed by atoms with van der Waals surface area (Å²) in [5, 5.41) is 0. The van der Waals surface area contributed by atoms with E-state index in [2.05, 4.69) is 4.18 Å². The monoisotopic (exact) mass is 368 g/mol. The van der Waals surface area contributed by atoms with E-state index in [1.807, 2.05) is 0 Å². The predicted octanol–water partition coefficient (Wildman–Crippen LogP) is 2.31. The Balaban J connectivity index is 2.14. The molecule has 0 aromatic heterocycles. The van der Waals surface area contributed by atoms with Gasteiger partial charge >= 0.3 is 10.1 Å². The maximum absolute atomic E-state index is 13.1. The number of nitrogens with two attached hydrogens (primary N) is 1. The van der Waals surface area contributed by atoms with Crippen molar-refractivity contribution < 1.29 is 34.6 Å². The quantitative estimate of drug-likeness (QED) is 0.786. The van der Waals surface area contributed by atoms with Gasteiger partial charge in [-0.3, -0.25) is 4.79 Å². The zero-order chi connectivity index (χ0) is 25.8. The average molecular weight is 368 g/mol. The van der Waals surface area contributed by atoms with Crippen LogP contribution in [0.5, 0.6) is 0 Å².